The van der Waals surface area contributed by atoms with Crippen LogP contribution < -0.4 is 9.64 Å². The summed E-state index contributed by atoms with van der Waals surface area (Å²) in [7, 11) is 1.62. The Hall–Kier alpha value is -4.30. The third kappa shape index (κ3) is 5.91. The lowest BCUT2D eigenvalue weighted by atomic mass is 9.90. The fourth-order valence-corrected chi connectivity index (χ4v) is 5.07. The number of carbonyl (C=O) groups excluding carboxylic acids is 1. The van der Waals surface area contributed by atoms with Gasteiger partial charge in [-0.3, -0.25) is 19.9 Å². The Kier molecular flexibility index (Phi) is 7.84. The van der Waals surface area contributed by atoms with Crippen LogP contribution >= 0.6 is 15.9 Å². The van der Waals surface area contributed by atoms with Crippen molar-refractivity contribution in [3.8, 4) is 5.75 Å². The Morgan fingerprint density at radius 3 is 2.26 bits per heavy atom. The van der Waals surface area contributed by atoms with Gasteiger partial charge in [0.15, 0.2) is 0 Å². The number of amides is 1. The first-order valence-corrected chi connectivity index (χ1v) is 13.3. The summed E-state index contributed by atoms with van der Waals surface area (Å²) in [6.07, 6.45) is 0.458. The summed E-state index contributed by atoms with van der Waals surface area (Å²) in [4.78, 5) is 32.0. The van der Waals surface area contributed by atoms with Crippen LogP contribution in [-0.2, 0) is 11.3 Å². The predicted octanol–water partition coefficient (Wildman–Crippen LogP) is 7.15. The highest BCUT2D eigenvalue weighted by Gasteiger charge is 2.39. The number of rotatable bonds is 8. The van der Waals surface area contributed by atoms with Crippen molar-refractivity contribution in [3.05, 3.63) is 134 Å². The molecule has 1 amide bonds. The molecule has 2 atom stereocenters. The van der Waals surface area contributed by atoms with E-state index in [0.717, 1.165) is 38.3 Å². The first kappa shape index (κ1) is 26.3. The fraction of sp³-hybridized carbons (Fsp3) is 0.161. The monoisotopic (exact) mass is 583 g/mol. The topological polar surface area (TPSA) is 85.0 Å². The fourth-order valence-electron chi connectivity index (χ4n) is 4.81. The van der Waals surface area contributed by atoms with Gasteiger partial charge in [-0.05, 0) is 53.1 Å². The molecule has 4 aromatic rings. The maximum Gasteiger partial charge on any atom is 0.269 e. The number of non-ortho nitro benzene ring substituents is 1. The first-order valence-electron chi connectivity index (χ1n) is 12.5. The van der Waals surface area contributed by atoms with Gasteiger partial charge in [0.05, 0.1) is 30.5 Å². The van der Waals surface area contributed by atoms with Gasteiger partial charge in [0.1, 0.15) is 5.75 Å². The Morgan fingerprint density at radius 1 is 0.974 bits per heavy atom. The molecule has 8 heteroatoms. The average Bonchev–Trinajstić information content (AvgIpc) is 3.43. The minimum atomic E-state index is -0.483. The van der Waals surface area contributed by atoms with Gasteiger partial charge in [-0.25, -0.2) is 0 Å². The van der Waals surface area contributed by atoms with Gasteiger partial charge >= 0.3 is 0 Å². The van der Waals surface area contributed by atoms with Crippen LogP contribution in [0, 0.1) is 16.0 Å². The van der Waals surface area contributed by atoms with E-state index in [0.29, 0.717) is 13.0 Å². The van der Waals surface area contributed by atoms with E-state index in [1.54, 1.807) is 24.1 Å². The Labute approximate surface area is 235 Å². The normalized spacial score (nSPS) is 16.4. The molecule has 196 valence electrons. The first-order chi connectivity index (χ1) is 18.9. The second-order valence-electron chi connectivity index (χ2n) is 9.29. The van der Waals surface area contributed by atoms with E-state index in [9.17, 15) is 14.9 Å². The number of halogens is 1. The van der Waals surface area contributed by atoms with Crippen LogP contribution in [0.2, 0.25) is 0 Å². The van der Waals surface area contributed by atoms with Crippen molar-refractivity contribution in [2.45, 2.75) is 19.0 Å². The molecule has 0 aliphatic carbocycles. The summed E-state index contributed by atoms with van der Waals surface area (Å²) in [5, 5.41) is 11.2. The molecule has 39 heavy (non-hydrogen) atoms. The zero-order valence-corrected chi connectivity index (χ0v) is 22.8. The molecule has 0 radical (unpaired) electrons. The summed E-state index contributed by atoms with van der Waals surface area (Å²) < 4.78 is 6.22. The predicted molar refractivity (Wildman–Crippen MR) is 155 cm³/mol. The molecule has 0 saturated heterocycles. The lowest BCUT2D eigenvalue weighted by Gasteiger charge is -2.28. The Morgan fingerprint density at radius 2 is 1.64 bits per heavy atom. The van der Waals surface area contributed by atoms with Crippen molar-refractivity contribution in [3.63, 3.8) is 0 Å². The number of carbonyl (C=O) groups is 1. The molecule has 7 nitrogen and oxygen atoms in total. The smallest absolute Gasteiger partial charge is 0.269 e. The van der Waals surface area contributed by atoms with Gasteiger partial charge in [0.2, 0.25) is 5.91 Å². The van der Waals surface area contributed by atoms with E-state index in [1.807, 2.05) is 78.9 Å². The van der Waals surface area contributed by atoms with Crippen LogP contribution in [0.3, 0.4) is 0 Å². The molecular formula is C31H26BrN3O4. The van der Waals surface area contributed by atoms with Crippen LogP contribution in [0.5, 0.6) is 5.75 Å². The summed E-state index contributed by atoms with van der Waals surface area (Å²) in [5.41, 5.74) is 4.31. The molecule has 0 bridgehead atoms. The number of ether oxygens (including phenoxy) is 1. The zero-order valence-electron chi connectivity index (χ0n) is 21.2. The van der Waals surface area contributed by atoms with Gasteiger partial charge in [-0.1, -0.05) is 70.5 Å². The molecule has 1 heterocycles. The lowest BCUT2D eigenvalue weighted by molar-refractivity contribution is -0.384. The Bertz CT molecular complexity index is 1490. The van der Waals surface area contributed by atoms with E-state index < -0.39 is 16.9 Å². The minimum Gasteiger partial charge on any atom is -0.497 e. The van der Waals surface area contributed by atoms with Crippen molar-refractivity contribution >= 4 is 38.9 Å². The van der Waals surface area contributed by atoms with Gasteiger partial charge in [0, 0.05) is 34.4 Å². The van der Waals surface area contributed by atoms with Crippen LogP contribution in [0.25, 0.3) is 0 Å². The number of hydrogen-bond donors (Lipinski definition) is 0. The van der Waals surface area contributed by atoms with E-state index in [1.165, 1.54) is 12.1 Å². The van der Waals surface area contributed by atoms with E-state index in [4.69, 9.17) is 9.73 Å². The summed E-state index contributed by atoms with van der Waals surface area (Å²) >= 11 is 3.49. The number of aliphatic imine (C=N–C) groups is 1. The molecule has 0 saturated carbocycles. The summed E-state index contributed by atoms with van der Waals surface area (Å²) in [6, 6.07) is 31.0. The lowest BCUT2D eigenvalue weighted by Crippen LogP contribution is -2.37. The molecule has 0 N–H and O–H groups in total. The van der Waals surface area contributed by atoms with Gasteiger partial charge < -0.3 is 9.64 Å². The van der Waals surface area contributed by atoms with Gasteiger partial charge in [-0.2, -0.15) is 0 Å². The molecule has 0 spiro atoms. The van der Waals surface area contributed by atoms with Crippen molar-refractivity contribution in [1.29, 1.82) is 0 Å². The number of benzene rings is 4. The molecule has 5 rings (SSSR count). The number of methoxy groups -OCH3 is 1. The highest BCUT2D eigenvalue weighted by Crippen LogP contribution is 2.39. The highest BCUT2D eigenvalue weighted by molar-refractivity contribution is 9.10. The standard InChI is InChI=1S/C31H26BrN3O4/c1-39-27-17-7-21(8-18-27)20-34(25-15-11-24(32)12-16-25)31(36)28-19-29(22-5-3-2-4-6-22)33-30(28)23-9-13-26(14-10-23)35(37)38/h2-18,28,30H,19-20H2,1H3/t28-,30+/m0/s1. The molecule has 1 aliphatic rings. The SMILES string of the molecule is COc1ccc(CN(C(=O)[C@H]2CC(c3ccccc3)=N[C@@H]2c2ccc([N+](=O)[O-])cc2)c2ccc(Br)cc2)cc1. The van der Waals surface area contributed by atoms with Crippen LogP contribution in [0.4, 0.5) is 11.4 Å². The molecule has 0 fully saturated rings. The average molecular weight is 584 g/mol. The maximum atomic E-state index is 14.4. The molecule has 1 aliphatic heterocycles. The number of hydrogen-bond acceptors (Lipinski definition) is 5. The van der Waals surface area contributed by atoms with Crippen molar-refractivity contribution in [2.24, 2.45) is 10.9 Å². The second-order valence-corrected chi connectivity index (χ2v) is 10.2. The van der Waals surface area contributed by atoms with Gasteiger partial charge in [0.25, 0.3) is 5.69 Å². The van der Waals surface area contributed by atoms with Crippen molar-refractivity contribution in [2.75, 3.05) is 12.0 Å². The number of nitro groups is 1. The van der Waals surface area contributed by atoms with Crippen LogP contribution in [-0.4, -0.2) is 23.7 Å². The number of nitrogens with zero attached hydrogens (tertiary/aromatic N) is 3. The largest absolute Gasteiger partial charge is 0.497 e. The quantitative estimate of drug-likeness (QED) is 0.163. The zero-order chi connectivity index (χ0) is 27.4. The van der Waals surface area contributed by atoms with Crippen LogP contribution in [0.1, 0.15) is 29.2 Å². The molecule has 0 aromatic heterocycles. The maximum absolute atomic E-state index is 14.4. The van der Waals surface area contributed by atoms with Crippen molar-refractivity contribution < 1.29 is 14.5 Å². The summed E-state index contributed by atoms with van der Waals surface area (Å²) in [5.74, 6) is 0.199. The molecular weight excluding hydrogens is 558 g/mol. The minimum absolute atomic E-state index is 0.00267. The molecule has 4 aromatic carbocycles. The highest BCUT2D eigenvalue weighted by atomic mass is 79.9. The van der Waals surface area contributed by atoms with Crippen molar-refractivity contribution in [1.82, 2.24) is 0 Å². The molecule has 0 unspecified atom stereocenters. The van der Waals surface area contributed by atoms with E-state index >= 15 is 0 Å². The number of anilines is 1. The third-order valence-electron chi connectivity index (χ3n) is 6.86. The van der Waals surface area contributed by atoms with E-state index in [2.05, 4.69) is 15.9 Å². The third-order valence-corrected chi connectivity index (χ3v) is 7.39. The number of nitro benzene ring substituents is 1. The second kappa shape index (κ2) is 11.6. The van der Waals surface area contributed by atoms with Crippen LogP contribution in [0.15, 0.2) is 113 Å². The van der Waals surface area contributed by atoms with Gasteiger partial charge in [-0.15, -0.1) is 0 Å². The summed E-state index contributed by atoms with van der Waals surface area (Å²) in [6.45, 7) is 0.370. The van der Waals surface area contributed by atoms with E-state index in [-0.39, 0.29) is 11.6 Å². The Balaban J connectivity index is 1.52.